The van der Waals surface area contributed by atoms with E-state index in [0.717, 1.165) is 48.5 Å². The first kappa shape index (κ1) is 18.2. The molecule has 0 aromatic heterocycles. The zero-order chi connectivity index (χ0) is 17.8. The third-order valence-electron chi connectivity index (χ3n) is 4.43. The van der Waals surface area contributed by atoms with Gasteiger partial charge >= 0.3 is 0 Å². The zero-order valence-electron chi connectivity index (χ0n) is 14.8. The smallest absolute Gasteiger partial charge is 0.173 e. The standard InChI is InChI=1S/C20H24ClN3S/c1-15-10-16(2)12-19(11-15)22-20(25)24-8-6-23(7-9-24)14-17-4-3-5-18(21)13-17/h3-5,10-13H,6-9,14H2,1-2H3,(H,22,25). The number of nitrogens with one attached hydrogen (secondary N) is 1. The van der Waals surface area contributed by atoms with E-state index >= 15 is 0 Å². The van der Waals surface area contributed by atoms with E-state index in [4.69, 9.17) is 23.8 Å². The minimum absolute atomic E-state index is 0.801. The lowest BCUT2D eigenvalue weighted by Crippen LogP contribution is -2.49. The van der Waals surface area contributed by atoms with E-state index in [0.29, 0.717) is 0 Å². The maximum atomic E-state index is 6.07. The van der Waals surface area contributed by atoms with E-state index in [1.807, 2.05) is 18.2 Å². The number of hydrogen-bond donors (Lipinski definition) is 1. The van der Waals surface area contributed by atoms with Crippen molar-refractivity contribution in [2.24, 2.45) is 0 Å². The number of thiocarbonyl (C=S) groups is 1. The zero-order valence-corrected chi connectivity index (χ0v) is 16.3. The summed E-state index contributed by atoms with van der Waals surface area (Å²) in [5.41, 5.74) is 4.83. The van der Waals surface area contributed by atoms with Crippen LogP contribution in [0.5, 0.6) is 0 Å². The van der Waals surface area contributed by atoms with Gasteiger partial charge in [0.2, 0.25) is 0 Å². The van der Waals surface area contributed by atoms with E-state index in [-0.39, 0.29) is 0 Å². The van der Waals surface area contributed by atoms with E-state index < -0.39 is 0 Å². The molecule has 3 nitrogen and oxygen atoms in total. The Bertz CT molecular complexity index is 734. The van der Waals surface area contributed by atoms with Crippen molar-refractivity contribution in [2.75, 3.05) is 31.5 Å². The van der Waals surface area contributed by atoms with Crippen LogP contribution in [0.3, 0.4) is 0 Å². The molecule has 0 aliphatic carbocycles. The van der Waals surface area contributed by atoms with Crippen LogP contribution in [0.15, 0.2) is 42.5 Å². The molecule has 1 N–H and O–H groups in total. The second-order valence-corrected chi connectivity index (χ2v) is 7.52. The first-order valence-corrected chi connectivity index (χ1v) is 9.39. The molecule has 1 aliphatic heterocycles. The average molecular weight is 374 g/mol. The quantitative estimate of drug-likeness (QED) is 0.799. The second kappa shape index (κ2) is 8.17. The molecule has 0 spiro atoms. The highest BCUT2D eigenvalue weighted by Gasteiger charge is 2.19. The Labute approximate surface area is 160 Å². The van der Waals surface area contributed by atoms with Gasteiger partial charge in [0, 0.05) is 43.4 Å². The molecule has 0 bridgehead atoms. The Balaban J connectivity index is 1.52. The van der Waals surface area contributed by atoms with Gasteiger partial charge in [0.05, 0.1) is 0 Å². The van der Waals surface area contributed by atoms with Crippen LogP contribution in [0, 0.1) is 13.8 Å². The number of aryl methyl sites for hydroxylation is 2. The molecule has 1 heterocycles. The molecule has 0 radical (unpaired) electrons. The van der Waals surface area contributed by atoms with Crippen LogP contribution in [0.4, 0.5) is 5.69 Å². The number of halogens is 1. The van der Waals surface area contributed by atoms with Crippen molar-refractivity contribution in [1.29, 1.82) is 0 Å². The van der Waals surface area contributed by atoms with Crippen molar-refractivity contribution in [2.45, 2.75) is 20.4 Å². The summed E-state index contributed by atoms with van der Waals surface area (Å²) in [4.78, 5) is 4.70. The molecule has 0 unspecified atom stereocenters. The van der Waals surface area contributed by atoms with E-state index in [2.05, 4.69) is 53.2 Å². The molecule has 132 valence electrons. The molecule has 0 atom stereocenters. The summed E-state index contributed by atoms with van der Waals surface area (Å²) in [5, 5.41) is 5.00. The Morgan fingerprint density at radius 2 is 1.72 bits per heavy atom. The number of piperazine rings is 1. The van der Waals surface area contributed by atoms with Crippen molar-refractivity contribution in [3.05, 3.63) is 64.2 Å². The molecular weight excluding hydrogens is 350 g/mol. The Hall–Kier alpha value is -1.62. The first-order valence-electron chi connectivity index (χ1n) is 8.60. The van der Waals surface area contributed by atoms with Gasteiger partial charge in [-0.15, -0.1) is 0 Å². The summed E-state index contributed by atoms with van der Waals surface area (Å²) < 4.78 is 0. The Morgan fingerprint density at radius 1 is 1.04 bits per heavy atom. The van der Waals surface area contributed by atoms with Crippen LogP contribution < -0.4 is 5.32 Å². The van der Waals surface area contributed by atoms with Gasteiger partial charge in [0.15, 0.2) is 5.11 Å². The summed E-state index contributed by atoms with van der Waals surface area (Å²) in [5.74, 6) is 0. The van der Waals surface area contributed by atoms with E-state index in [1.165, 1.54) is 16.7 Å². The fourth-order valence-electron chi connectivity index (χ4n) is 3.25. The average Bonchev–Trinajstić information content (AvgIpc) is 2.54. The van der Waals surface area contributed by atoms with Crippen molar-refractivity contribution in [3.8, 4) is 0 Å². The molecule has 0 amide bonds. The van der Waals surface area contributed by atoms with Crippen molar-refractivity contribution >= 4 is 34.6 Å². The highest BCUT2D eigenvalue weighted by Crippen LogP contribution is 2.16. The van der Waals surface area contributed by atoms with Gasteiger partial charge in [-0.05, 0) is 67.0 Å². The molecular formula is C20H24ClN3S. The predicted octanol–water partition coefficient (Wildman–Crippen LogP) is 4.47. The monoisotopic (exact) mass is 373 g/mol. The summed E-state index contributed by atoms with van der Waals surface area (Å²) in [7, 11) is 0. The lowest BCUT2D eigenvalue weighted by Gasteiger charge is -2.36. The van der Waals surface area contributed by atoms with Crippen LogP contribution in [0.25, 0.3) is 0 Å². The second-order valence-electron chi connectivity index (χ2n) is 6.70. The minimum atomic E-state index is 0.801. The summed E-state index contributed by atoms with van der Waals surface area (Å²) in [6.07, 6.45) is 0. The van der Waals surface area contributed by atoms with Crippen LogP contribution in [-0.4, -0.2) is 41.1 Å². The molecule has 2 aromatic carbocycles. The van der Waals surface area contributed by atoms with Gasteiger partial charge in [-0.2, -0.15) is 0 Å². The molecule has 1 saturated heterocycles. The maximum absolute atomic E-state index is 6.07. The fraction of sp³-hybridized carbons (Fsp3) is 0.350. The number of benzene rings is 2. The number of anilines is 1. The van der Waals surface area contributed by atoms with Gasteiger partial charge in [-0.1, -0.05) is 29.8 Å². The maximum Gasteiger partial charge on any atom is 0.173 e. The number of nitrogens with zero attached hydrogens (tertiary/aromatic N) is 2. The molecule has 1 aliphatic rings. The molecule has 0 saturated carbocycles. The van der Waals surface area contributed by atoms with E-state index in [1.54, 1.807) is 0 Å². The molecule has 5 heteroatoms. The summed E-state index contributed by atoms with van der Waals surface area (Å²) >= 11 is 11.7. The Morgan fingerprint density at radius 3 is 2.36 bits per heavy atom. The molecule has 25 heavy (non-hydrogen) atoms. The molecule has 1 fully saturated rings. The third kappa shape index (κ3) is 5.18. The van der Waals surface area contributed by atoms with E-state index in [9.17, 15) is 0 Å². The Kier molecular flexibility index (Phi) is 5.94. The van der Waals surface area contributed by atoms with Crippen LogP contribution in [-0.2, 0) is 6.54 Å². The fourth-order valence-corrected chi connectivity index (χ4v) is 3.77. The van der Waals surface area contributed by atoms with Crippen LogP contribution >= 0.6 is 23.8 Å². The molecule has 2 aromatic rings. The summed E-state index contributed by atoms with van der Waals surface area (Å²) in [6.45, 7) is 9.04. The lowest BCUT2D eigenvalue weighted by molar-refractivity contribution is 0.177. The summed E-state index contributed by atoms with van der Waals surface area (Å²) in [6, 6.07) is 14.5. The third-order valence-corrected chi connectivity index (χ3v) is 5.02. The highest BCUT2D eigenvalue weighted by atomic mass is 35.5. The van der Waals surface area contributed by atoms with Gasteiger partial charge in [-0.3, -0.25) is 4.90 Å². The predicted molar refractivity (Wildman–Crippen MR) is 110 cm³/mol. The van der Waals surface area contributed by atoms with Gasteiger partial charge in [0.1, 0.15) is 0 Å². The number of rotatable bonds is 3. The van der Waals surface area contributed by atoms with Gasteiger partial charge < -0.3 is 10.2 Å². The van der Waals surface area contributed by atoms with Crippen molar-refractivity contribution in [1.82, 2.24) is 9.80 Å². The first-order chi connectivity index (χ1) is 12.0. The topological polar surface area (TPSA) is 18.5 Å². The van der Waals surface area contributed by atoms with Crippen molar-refractivity contribution < 1.29 is 0 Å². The van der Waals surface area contributed by atoms with Gasteiger partial charge in [-0.25, -0.2) is 0 Å². The van der Waals surface area contributed by atoms with Crippen molar-refractivity contribution in [3.63, 3.8) is 0 Å². The number of hydrogen-bond acceptors (Lipinski definition) is 2. The highest BCUT2D eigenvalue weighted by molar-refractivity contribution is 7.80. The SMILES string of the molecule is Cc1cc(C)cc(NC(=S)N2CCN(Cc3cccc(Cl)c3)CC2)c1. The van der Waals surface area contributed by atoms with Gasteiger partial charge in [0.25, 0.3) is 0 Å². The lowest BCUT2D eigenvalue weighted by atomic mass is 10.1. The molecule has 3 rings (SSSR count). The minimum Gasteiger partial charge on any atom is -0.346 e. The normalized spacial score (nSPS) is 15.2. The van der Waals surface area contributed by atoms with Crippen LogP contribution in [0.2, 0.25) is 5.02 Å². The van der Waals surface area contributed by atoms with Crippen LogP contribution in [0.1, 0.15) is 16.7 Å². The largest absolute Gasteiger partial charge is 0.346 e.